The van der Waals surface area contributed by atoms with Gasteiger partial charge in [-0.15, -0.1) is 0 Å². The zero-order valence-electron chi connectivity index (χ0n) is 16.5. The fraction of sp³-hybridized carbons (Fsp3) is 0.348. The van der Waals surface area contributed by atoms with Gasteiger partial charge in [-0.25, -0.2) is 4.79 Å². The molecule has 2 aromatic rings. The van der Waals surface area contributed by atoms with E-state index in [9.17, 15) is 14.4 Å². The molecule has 1 aliphatic rings. The predicted molar refractivity (Wildman–Crippen MR) is 113 cm³/mol. The Morgan fingerprint density at radius 1 is 1.07 bits per heavy atom. The van der Waals surface area contributed by atoms with E-state index in [1.54, 1.807) is 24.0 Å². The Bertz CT molecular complexity index is 840. The molecule has 0 N–H and O–H groups in total. The summed E-state index contributed by atoms with van der Waals surface area (Å²) in [7, 11) is 0. The monoisotopic (exact) mass is 411 g/mol. The zero-order chi connectivity index (χ0) is 20.6. The number of hydrogen-bond donors (Lipinski definition) is 0. The van der Waals surface area contributed by atoms with Crippen molar-refractivity contribution in [2.75, 3.05) is 12.3 Å². The van der Waals surface area contributed by atoms with Gasteiger partial charge < -0.3 is 9.64 Å². The summed E-state index contributed by atoms with van der Waals surface area (Å²) in [5.41, 5.74) is 1.54. The summed E-state index contributed by atoms with van der Waals surface area (Å²) >= 11 is 1.14. The number of ether oxygens (including phenoxy) is 1. The number of likely N-dealkylation sites (tertiary alicyclic amines) is 1. The van der Waals surface area contributed by atoms with E-state index in [0.29, 0.717) is 24.3 Å². The van der Waals surface area contributed by atoms with E-state index >= 15 is 0 Å². The van der Waals surface area contributed by atoms with Crippen LogP contribution in [0.15, 0.2) is 60.7 Å². The third kappa shape index (κ3) is 5.70. The van der Waals surface area contributed by atoms with Crippen LogP contribution in [0.2, 0.25) is 0 Å². The number of rotatable bonds is 7. The lowest BCUT2D eigenvalue weighted by atomic mass is 10.1. The molecule has 2 unspecified atom stereocenters. The summed E-state index contributed by atoms with van der Waals surface area (Å²) in [6, 6.07) is 18.0. The molecule has 0 saturated carbocycles. The SMILES string of the molecule is CC(CSC(=O)c1ccccc1)C(=O)N1CCCC1C(=O)OCc1ccccc1. The van der Waals surface area contributed by atoms with Crippen LogP contribution in [0.4, 0.5) is 0 Å². The first-order valence-electron chi connectivity index (χ1n) is 9.79. The van der Waals surface area contributed by atoms with Gasteiger partial charge in [-0.05, 0) is 18.4 Å². The summed E-state index contributed by atoms with van der Waals surface area (Å²) in [4.78, 5) is 39.3. The molecule has 0 radical (unpaired) electrons. The predicted octanol–water partition coefficient (Wildman–Crippen LogP) is 3.93. The fourth-order valence-corrected chi connectivity index (χ4v) is 4.16. The van der Waals surface area contributed by atoms with Gasteiger partial charge in [0.05, 0.1) is 0 Å². The molecule has 5 nitrogen and oxygen atoms in total. The second-order valence-electron chi connectivity index (χ2n) is 7.15. The molecule has 0 aromatic heterocycles. The van der Waals surface area contributed by atoms with Crippen molar-refractivity contribution < 1.29 is 19.1 Å². The van der Waals surface area contributed by atoms with Crippen LogP contribution in [0.1, 0.15) is 35.7 Å². The van der Waals surface area contributed by atoms with Crippen molar-refractivity contribution in [3.05, 3.63) is 71.8 Å². The number of thioether (sulfide) groups is 1. The number of nitrogens with zero attached hydrogens (tertiary/aromatic N) is 1. The van der Waals surface area contributed by atoms with Gasteiger partial charge in [-0.3, -0.25) is 9.59 Å². The highest BCUT2D eigenvalue weighted by Crippen LogP contribution is 2.24. The normalized spacial score (nSPS) is 17.0. The summed E-state index contributed by atoms with van der Waals surface area (Å²) < 4.78 is 5.44. The van der Waals surface area contributed by atoms with Gasteiger partial charge in [0.2, 0.25) is 11.0 Å². The van der Waals surface area contributed by atoms with Crippen LogP contribution < -0.4 is 0 Å². The number of hydrogen-bond acceptors (Lipinski definition) is 5. The van der Waals surface area contributed by atoms with Crippen LogP contribution in [0.5, 0.6) is 0 Å². The number of carbonyl (C=O) groups is 3. The molecule has 1 aliphatic heterocycles. The lowest BCUT2D eigenvalue weighted by Gasteiger charge is -2.26. The lowest BCUT2D eigenvalue weighted by Crippen LogP contribution is -2.44. The first kappa shape index (κ1) is 21.1. The van der Waals surface area contributed by atoms with Crippen molar-refractivity contribution in [3.8, 4) is 0 Å². The number of carbonyl (C=O) groups excluding carboxylic acids is 3. The molecule has 2 aromatic carbocycles. The fourth-order valence-electron chi connectivity index (χ4n) is 3.31. The maximum absolute atomic E-state index is 12.9. The Morgan fingerprint density at radius 3 is 2.41 bits per heavy atom. The Kier molecular flexibility index (Phi) is 7.47. The van der Waals surface area contributed by atoms with Crippen molar-refractivity contribution in [1.82, 2.24) is 4.90 Å². The minimum absolute atomic E-state index is 0.0505. The van der Waals surface area contributed by atoms with E-state index in [0.717, 1.165) is 23.7 Å². The van der Waals surface area contributed by atoms with Gasteiger partial charge in [0.1, 0.15) is 12.6 Å². The molecule has 29 heavy (non-hydrogen) atoms. The molecule has 1 fully saturated rings. The van der Waals surface area contributed by atoms with Gasteiger partial charge in [0.25, 0.3) is 0 Å². The van der Waals surface area contributed by atoms with Crippen molar-refractivity contribution >= 4 is 28.8 Å². The Hall–Kier alpha value is -2.60. The summed E-state index contributed by atoms with van der Waals surface area (Å²) in [6.45, 7) is 2.55. The largest absolute Gasteiger partial charge is 0.459 e. The smallest absolute Gasteiger partial charge is 0.329 e. The highest BCUT2D eigenvalue weighted by Gasteiger charge is 2.37. The molecule has 0 aliphatic carbocycles. The third-order valence-corrected chi connectivity index (χ3v) is 6.09. The minimum atomic E-state index is -0.538. The molecular formula is C23H25NO4S. The maximum Gasteiger partial charge on any atom is 0.329 e. The molecule has 1 heterocycles. The molecule has 6 heteroatoms. The molecular weight excluding hydrogens is 386 g/mol. The number of esters is 1. The Labute approximate surface area is 175 Å². The molecule has 0 bridgehead atoms. The van der Waals surface area contributed by atoms with E-state index in [1.807, 2.05) is 48.5 Å². The average Bonchev–Trinajstić information content (AvgIpc) is 3.26. The average molecular weight is 412 g/mol. The van der Waals surface area contributed by atoms with E-state index in [-0.39, 0.29) is 29.5 Å². The van der Waals surface area contributed by atoms with Crippen LogP contribution in [0, 0.1) is 5.92 Å². The van der Waals surface area contributed by atoms with Crippen LogP contribution in [-0.2, 0) is 20.9 Å². The summed E-state index contributed by atoms with van der Waals surface area (Å²) in [5, 5.41) is -0.0505. The summed E-state index contributed by atoms with van der Waals surface area (Å²) in [5.74, 6) is -0.429. The van der Waals surface area contributed by atoms with E-state index in [4.69, 9.17) is 4.74 Å². The standard InChI is InChI=1S/C23H25NO4S/c1-17(16-29-23(27)19-11-6-3-7-12-19)21(25)24-14-8-13-20(24)22(26)28-15-18-9-4-2-5-10-18/h2-7,9-12,17,20H,8,13-16H2,1H3. The van der Waals surface area contributed by atoms with Crippen molar-refractivity contribution in [3.63, 3.8) is 0 Å². The molecule has 1 amide bonds. The van der Waals surface area contributed by atoms with Gasteiger partial charge in [0, 0.05) is 23.8 Å². The van der Waals surface area contributed by atoms with Gasteiger partial charge in [0.15, 0.2) is 0 Å². The van der Waals surface area contributed by atoms with E-state index < -0.39 is 6.04 Å². The van der Waals surface area contributed by atoms with Gasteiger partial charge >= 0.3 is 5.97 Å². The maximum atomic E-state index is 12.9. The highest BCUT2D eigenvalue weighted by molar-refractivity contribution is 8.14. The van der Waals surface area contributed by atoms with Gasteiger partial charge in [-0.2, -0.15) is 0 Å². The molecule has 2 atom stereocenters. The van der Waals surface area contributed by atoms with Crippen LogP contribution in [0.3, 0.4) is 0 Å². The number of benzene rings is 2. The van der Waals surface area contributed by atoms with E-state index in [1.165, 1.54) is 0 Å². The highest BCUT2D eigenvalue weighted by atomic mass is 32.2. The van der Waals surface area contributed by atoms with Crippen molar-refractivity contribution in [2.24, 2.45) is 5.92 Å². The Balaban J connectivity index is 1.51. The van der Waals surface area contributed by atoms with Crippen molar-refractivity contribution in [1.29, 1.82) is 0 Å². The zero-order valence-corrected chi connectivity index (χ0v) is 17.3. The second-order valence-corrected chi connectivity index (χ2v) is 8.14. The summed E-state index contributed by atoms with van der Waals surface area (Å²) in [6.07, 6.45) is 1.39. The lowest BCUT2D eigenvalue weighted by molar-refractivity contribution is -0.155. The van der Waals surface area contributed by atoms with Gasteiger partial charge in [-0.1, -0.05) is 79.3 Å². The Morgan fingerprint density at radius 2 is 1.72 bits per heavy atom. The quantitative estimate of drug-likeness (QED) is 0.646. The molecule has 0 spiro atoms. The molecule has 152 valence electrons. The van der Waals surface area contributed by atoms with Crippen LogP contribution in [0.25, 0.3) is 0 Å². The number of amides is 1. The van der Waals surface area contributed by atoms with E-state index in [2.05, 4.69) is 0 Å². The molecule has 3 rings (SSSR count). The topological polar surface area (TPSA) is 63.7 Å². The first-order chi connectivity index (χ1) is 14.1. The van der Waals surface area contributed by atoms with Crippen molar-refractivity contribution in [2.45, 2.75) is 32.4 Å². The van der Waals surface area contributed by atoms with Crippen LogP contribution in [-0.4, -0.2) is 40.2 Å². The first-order valence-corrected chi connectivity index (χ1v) is 10.8. The minimum Gasteiger partial charge on any atom is -0.459 e. The van der Waals surface area contributed by atoms with Crippen LogP contribution >= 0.6 is 11.8 Å². The second kappa shape index (κ2) is 10.3. The third-order valence-electron chi connectivity index (χ3n) is 4.93. The molecule has 1 saturated heterocycles.